The summed E-state index contributed by atoms with van der Waals surface area (Å²) in [6, 6.07) is 5.22. The lowest BCUT2D eigenvalue weighted by atomic mass is 10.1. The molecule has 1 aromatic rings. The van der Waals surface area contributed by atoms with E-state index in [-0.39, 0.29) is 16.4 Å². The number of amides is 1. The van der Waals surface area contributed by atoms with Crippen molar-refractivity contribution in [3.8, 4) is 5.75 Å². The molecule has 0 spiro atoms. The van der Waals surface area contributed by atoms with Gasteiger partial charge in [0.25, 0.3) is 5.91 Å². The lowest BCUT2D eigenvalue weighted by Gasteiger charge is -2.13. The molecule has 1 aliphatic carbocycles. The number of para-hydroxylation sites is 1. The molecule has 1 fully saturated rings. The Balaban J connectivity index is 2.02. The van der Waals surface area contributed by atoms with E-state index in [2.05, 4.69) is 11.6 Å². The normalized spacial score (nSPS) is 16.6. The van der Waals surface area contributed by atoms with Crippen LogP contribution in [0.4, 0.5) is 0 Å². The van der Waals surface area contributed by atoms with Crippen molar-refractivity contribution in [3.63, 3.8) is 0 Å². The number of benzene rings is 1. The first-order valence-electron chi connectivity index (χ1n) is 5.70. The molecule has 0 aliphatic heterocycles. The fraction of sp³-hybridized carbons (Fsp3) is 0.462. The maximum absolute atomic E-state index is 11.9. The molecule has 2 N–H and O–H groups in total. The lowest BCUT2D eigenvalue weighted by Crippen LogP contribution is -2.31. The number of aromatic hydroxyl groups is 1. The predicted molar refractivity (Wildman–Crippen MR) is 70.7 cm³/mol. The Morgan fingerprint density at radius 1 is 1.53 bits per heavy atom. The first-order valence-corrected chi connectivity index (χ1v) is 6.92. The fourth-order valence-corrected chi connectivity index (χ4v) is 2.50. The van der Waals surface area contributed by atoms with Crippen LogP contribution < -0.4 is 5.32 Å². The minimum Gasteiger partial charge on any atom is -0.507 e. The minimum absolute atomic E-state index is 0.0824. The van der Waals surface area contributed by atoms with Gasteiger partial charge in [-0.2, -0.15) is 11.8 Å². The van der Waals surface area contributed by atoms with Crippen LogP contribution in [0.25, 0.3) is 0 Å². The number of phenols is 1. The van der Waals surface area contributed by atoms with Crippen molar-refractivity contribution < 1.29 is 9.90 Å². The zero-order chi connectivity index (χ0) is 12.5. The monoisotopic (exact) mass is 251 g/mol. The van der Waals surface area contributed by atoms with Gasteiger partial charge in [0, 0.05) is 11.3 Å². The number of aryl methyl sites for hydroxylation is 1. The summed E-state index contributed by atoms with van der Waals surface area (Å²) < 4.78 is 0.245. The molecule has 1 saturated carbocycles. The highest BCUT2D eigenvalue weighted by atomic mass is 32.2. The van der Waals surface area contributed by atoms with Gasteiger partial charge in [0.2, 0.25) is 0 Å². The zero-order valence-corrected chi connectivity index (χ0v) is 10.9. The van der Waals surface area contributed by atoms with Gasteiger partial charge in [0.05, 0.1) is 5.56 Å². The third kappa shape index (κ3) is 2.57. The van der Waals surface area contributed by atoms with E-state index < -0.39 is 0 Å². The molecular weight excluding hydrogens is 234 g/mol. The van der Waals surface area contributed by atoms with Crippen LogP contribution in [0.2, 0.25) is 0 Å². The van der Waals surface area contributed by atoms with Gasteiger partial charge in [-0.25, -0.2) is 0 Å². The van der Waals surface area contributed by atoms with Gasteiger partial charge in [-0.1, -0.05) is 12.1 Å². The Morgan fingerprint density at radius 3 is 2.82 bits per heavy atom. The van der Waals surface area contributed by atoms with Crippen LogP contribution in [0.1, 0.15) is 28.8 Å². The summed E-state index contributed by atoms with van der Waals surface area (Å²) in [5.41, 5.74) is 1.09. The summed E-state index contributed by atoms with van der Waals surface area (Å²) in [5.74, 6) is -0.106. The van der Waals surface area contributed by atoms with Crippen molar-refractivity contribution >= 4 is 17.7 Å². The number of hydrogen-bond acceptors (Lipinski definition) is 3. The quantitative estimate of drug-likeness (QED) is 0.863. The van der Waals surface area contributed by atoms with E-state index in [1.807, 2.05) is 0 Å². The number of carbonyl (C=O) groups is 1. The van der Waals surface area contributed by atoms with Crippen LogP contribution in [0.5, 0.6) is 5.75 Å². The van der Waals surface area contributed by atoms with Crippen molar-refractivity contribution in [1.82, 2.24) is 5.32 Å². The van der Waals surface area contributed by atoms with Gasteiger partial charge < -0.3 is 10.4 Å². The summed E-state index contributed by atoms with van der Waals surface area (Å²) >= 11 is 1.81. The average molecular weight is 251 g/mol. The van der Waals surface area contributed by atoms with Crippen LogP contribution >= 0.6 is 11.8 Å². The van der Waals surface area contributed by atoms with E-state index in [0.717, 1.165) is 18.4 Å². The Labute approximate surface area is 106 Å². The van der Waals surface area contributed by atoms with Crippen LogP contribution in [-0.2, 0) is 0 Å². The topological polar surface area (TPSA) is 49.3 Å². The molecule has 0 unspecified atom stereocenters. The molecule has 0 atom stereocenters. The van der Waals surface area contributed by atoms with E-state index in [1.54, 1.807) is 36.9 Å². The zero-order valence-electron chi connectivity index (χ0n) is 10.1. The van der Waals surface area contributed by atoms with Crippen molar-refractivity contribution in [2.24, 2.45) is 0 Å². The van der Waals surface area contributed by atoms with Crippen LogP contribution in [0.3, 0.4) is 0 Å². The van der Waals surface area contributed by atoms with E-state index in [4.69, 9.17) is 0 Å². The van der Waals surface area contributed by atoms with Crippen LogP contribution in [0, 0.1) is 6.92 Å². The van der Waals surface area contributed by atoms with E-state index in [0.29, 0.717) is 12.1 Å². The van der Waals surface area contributed by atoms with Gasteiger partial charge in [0.15, 0.2) is 0 Å². The Morgan fingerprint density at radius 2 is 2.24 bits per heavy atom. The second-order valence-corrected chi connectivity index (χ2v) is 5.82. The molecule has 1 amide bonds. The average Bonchev–Trinajstić information content (AvgIpc) is 3.10. The van der Waals surface area contributed by atoms with Gasteiger partial charge in [-0.15, -0.1) is 0 Å². The maximum atomic E-state index is 11.9. The number of rotatable bonds is 4. The fourth-order valence-electron chi connectivity index (χ4n) is 1.77. The molecular formula is C13H17NO2S. The molecule has 17 heavy (non-hydrogen) atoms. The standard InChI is InChI=1S/C13H17NO2S/c1-9-4-3-5-10(11(9)15)12(16)14-8-13(17-2)6-7-13/h3-5,15H,6-8H2,1-2H3,(H,14,16). The molecule has 0 heterocycles. The Bertz CT molecular complexity index is 441. The van der Waals surface area contributed by atoms with Gasteiger partial charge in [-0.05, 0) is 37.7 Å². The van der Waals surface area contributed by atoms with Crippen molar-refractivity contribution in [1.29, 1.82) is 0 Å². The number of carbonyl (C=O) groups excluding carboxylic acids is 1. The minimum atomic E-state index is -0.188. The maximum Gasteiger partial charge on any atom is 0.255 e. The second kappa shape index (κ2) is 4.61. The van der Waals surface area contributed by atoms with Crippen molar-refractivity contribution in [2.45, 2.75) is 24.5 Å². The summed E-state index contributed by atoms with van der Waals surface area (Å²) in [6.45, 7) is 2.47. The van der Waals surface area contributed by atoms with E-state index in [9.17, 15) is 9.90 Å². The smallest absolute Gasteiger partial charge is 0.255 e. The Kier molecular flexibility index (Phi) is 3.33. The van der Waals surface area contributed by atoms with Crippen molar-refractivity contribution in [2.75, 3.05) is 12.8 Å². The lowest BCUT2D eigenvalue weighted by molar-refractivity contribution is 0.0950. The first-order chi connectivity index (χ1) is 8.08. The molecule has 1 aliphatic rings. The number of thioether (sulfide) groups is 1. The van der Waals surface area contributed by atoms with Gasteiger partial charge >= 0.3 is 0 Å². The molecule has 0 saturated heterocycles. The van der Waals surface area contributed by atoms with Gasteiger partial charge in [0.1, 0.15) is 5.75 Å². The third-order valence-corrected chi connectivity index (χ3v) is 4.71. The molecule has 1 aromatic carbocycles. The van der Waals surface area contributed by atoms with Crippen molar-refractivity contribution in [3.05, 3.63) is 29.3 Å². The van der Waals surface area contributed by atoms with Crippen LogP contribution in [-0.4, -0.2) is 28.6 Å². The Hall–Kier alpha value is -1.16. The summed E-state index contributed by atoms with van der Waals surface area (Å²) in [7, 11) is 0. The highest BCUT2D eigenvalue weighted by Crippen LogP contribution is 2.46. The van der Waals surface area contributed by atoms with E-state index >= 15 is 0 Å². The molecule has 0 bridgehead atoms. The molecule has 0 radical (unpaired) electrons. The predicted octanol–water partition coefficient (Wildman–Crippen LogP) is 2.33. The number of nitrogens with one attached hydrogen (secondary N) is 1. The highest BCUT2D eigenvalue weighted by Gasteiger charge is 2.42. The molecule has 4 heteroatoms. The van der Waals surface area contributed by atoms with E-state index in [1.165, 1.54) is 0 Å². The number of hydrogen-bond donors (Lipinski definition) is 2. The third-order valence-electron chi connectivity index (χ3n) is 3.29. The molecule has 0 aromatic heterocycles. The summed E-state index contributed by atoms with van der Waals surface area (Å²) in [6.07, 6.45) is 4.39. The number of phenolic OH excluding ortho intramolecular Hbond substituents is 1. The molecule has 92 valence electrons. The largest absolute Gasteiger partial charge is 0.507 e. The SMILES string of the molecule is CSC1(CNC(=O)c2cccc(C)c2O)CC1. The van der Waals surface area contributed by atoms with Crippen LogP contribution in [0.15, 0.2) is 18.2 Å². The second-order valence-electron chi connectivity index (χ2n) is 4.54. The first kappa shape index (κ1) is 12.3. The molecule has 3 nitrogen and oxygen atoms in total. The van der Waals surface area contributed by atoms with Gasteiger partial charge in [-0.3, -0.25) is 4.79 Å². The summed E-state index contributed by atoms with van der Waals surface area (Å²) in [4.78, 5) is 11.9. The highest BCUT2D eigenvalue weighted by molar-refractivity contribution is 8.00. The summed E-state index contributed by atoms with van der Waals surface area (Å²) in [5, 5.41) is 12.7. The molecule has 2 rings (SSSR count).